The summed E-state index contributed by atoms with van der Waals surface area (Å²) in [5.41, 5.74) is 1.33. The van der Waals surface area contributed by atoms with Gasteiger partial charge in [-0.1, -0.05) is 0 Å². The minimum absolute atomic E-state index is 0.0157. The molecule has 10 heteroatoms. The summed E-state index contributed by atoms with van der Waals surface area (Å²) in [7, 11) is 0. The summed E-state index contributed by atoms with van der Waals surface area (Å²) >= 11 is 0. The van der Waals surface area contributed by atoms with Crippen LogP contribution in [0, 0.1) is 21.4 Å². The van der Waals surface area contributed by atoms with Crippen molar-refractivity contribution in [1.82, 2.24) is 10.2 Å². The van der Waals surface area contributed by atoms with E-state index in [2.05, 4.69) is 15.5 Å². The van der Waals surface area contributed by atoms with E-state index in [0.717, 1.165) is 11.6 Å². The summed E-state index contributed by atoms with van der Waals surface area (Å²) in [5.74, 6) is 0.695. The number of nitro benzene ring substituents is 1. The Morgan fingerprint density at radius 3 is 2.82 bits per heavy atom. The minimum Gasteiger partial charge on any atom is -0.454 e. The molecule has 1 aliphatic heterocycles. The number of aromatic amines is 1. The molecule has 0 fully saturated rings. The van der Waals surface area contributed by atoms with Crippen LogP contribution in [0.1, 0.15) is 16.1 Å². The topological polar surface area (TPSA) is 143 Å². The molecule has 0 unspecified atom stereocenters. The van der Waals surface area contributed by atoms with Crippen LogP contribution in [0.15, 0.2) is 42.5 Å². The summed E-state index contributed by atoms with van der Waals surface area (Å²) in [6.07, 6.45) is 0. The lowest BCUT2D eigenvalue weighted by atomic mass is 10.1. The zero-order valence-electron chi connectivity index (χ0n) is 14.1. The number of ether oxygens (including phenoxy) is 2. The van der Waals surface area contributed by atoms with Crippen LogP contribution in [0.2, 0.25) is 0 Å². The van der Waals surface area contributed by atoms with Crippen LogP contribution < -0.4 is 14.8 Å². The van der Waals surface area contributed by atoms with Crippen molar-refractivity contribution in [2.45, 2.75) is 0 Å². The van der Waals surface area contributed by atoms with Crippen molar-refractivity contribution in [3.05, 3.63) is 63.8 Å². The van der Waals surface area contributed by atoms with E-state index in [1.54, 1.807) is 24.3 Å². The maximum Gasteiger partial charge on any atom is 0.273 e. The quantitative estimate of drug-likeness (QED) is 0.525. The number of carbonyl (C=O) groups is 1. The highest BCUT2D eigenvalue weighted by Crippen LogP contribution is 2.35. The summed E-state index contributed by atoms with van der Waals surface area (Å²) in [4.78, 5) is 22.7. The zero-order valence-corrected chi connectivity index (χ0v) is 14.1. The number of nitrogens with one attached hydrogen (secondary N) is 2. The van der Waals surface area contributed by atoms with Gasteiger partial charge in [-0.2, -0.15) is 10.4 Å². The van der Waals surface area contributed by atoms with Crippen molar-refractivity contribution in [2.24, 2.45) is 0 Å². The minimum atomic E-state index is -0.612. The Bertz CT molecular complexity index is 1150. The van der Waals surface area contributed by atoms with E-state index >= 15 is 0 Å². The summed E-state index contributed by atoms with van der Waals surface area (Å²) in [6.45, 7) is 0.156. The average Bonchev–Trinajstić information content (AvgIpc) is 3.37. The summed E-state index contributed by atoms with van der Waals surface area (Å²) < 4.78 is 10.6. The van der Waals surface area contributed by atoms with E-state index in [1.807, 2.05) is 6.07 Å². The fourth-order valence-corrected chi connectivity index (χ4v) is 2.68. The lowest BCUT2D eigenvalue weighted by Gasteiger charge is -2.05. The molecule has 10 nitrogen and oxygen atoms in total. The van der Waals surface area contributed by atoms with Crippen molar-refractivity contribution in [2.75, 3.05) is 12.1 Å². The number of benzene rings is 2. The first-order valence-corrected chi connectivity index (χ1v) is 8.00. The van der Waals surface area contributed by atoms with Gasteiger partial charge in [-0.3, -0.25) is 20.0 Å². The number of rotatable bonds is 4. The molecule has 138 valence electrons. The maximum absolute atomic E-state index is 12.5. The fourth-order valence-electron chi connectivity index (χ4n) is 2.68. The molecule has 0 saturated heterocycles. The van der Waals surface area contributed by atoms with Crippen molar-refractivity contribution in [3.8, 4) is 28.8 Å². The Labute approximate surface area is 157 Å². The van der Waals surface area contributed by atoms with Crippen molar-refractivity contribution in [1.29, 1.82) is 5.26 Å². The monoisotopic (exact) mass is 377 g/mol. The smallest absolute Gasteiger partial charge is 0.273 e. The molecule has 28 heavy (non-hydrogen) atoms. The third-order valence-electron chi connectivity index (χ3n) is 4.07. The van der Waals surface area contributed by atoms with E-state index in [1.165, 1.54) is 12.1 Å². The van der Waals surface area contributed by atoms with Gasteiger partial charge >= 0.3 is 0 Å². The second kappa shape index (κ2) is 6.73. The molecule has 0 spiro atoms. The normalized spacial score (nSPS) is 11.7. The Balaban J connectivity index is 1.55. The van der Waals surface area contributed by atoms with E-state index in [4.69, 9.17) is 9.47 Å². The van der Waals surface area contributed by atoms with Crippen molar-refractivity contribution in [3.63, 3.8) is 0 Å². The Morgan fingerprint density at radius 1 is 1.21 bits per heavy atom. The van der Waals surface area contributed by atoms with Gasteiger partial charge < -0.3 is 14.8 Å². The number of nitrogens with zero attached hydrogens (tertiary/aromatic N) is 3. The number of aromatic nitrogens is 2. The van der Waals surface area contributed by atoms with Crippen molar-refractivity contribution >= 4 is 17.3 Å². The number of fused-ring (bicyclic) bond motifs is 1. The van der Waals surface area contributed by atoms with Gasteiger partial charge in [0.25, 0.3) is 11.6 Å². The number of H-pyrrole nitrogens is 1. The number of amides is 1. The number of nitro groups is 1. The summed E-state index contributed by atoms with van der Waals surface area (Å²) in [5, 5.41) is 29.3. The zero-order chi connectivity index (χ0) is 19.7. The van der Waals surface area contributed by atoms with Crippen LogP contribution in [0.4, 0.5) is 11.4 Å². The van der Waals surface area contributed by atoms with Gasteiger partial charge in [0.2, 0.25) is 6.79 Å². The highest BCUT2D eigenvalue weighted by Gasteiger charge is 2.18. The number of nitriles is 1. The van der Waals surface area contributed by atoms with Gasteiger partial charge in [-0.25, -0.2) is 0 Å². The number of hydrogen-bond donors (Lipinski definition) is 2. The van der Waals surface area contributed by atoms with Crippen LogP contribution in [0.5, 0.6) is 11.5 Å². The first-order valence-electron chi connectivity index (χ1n) is 8.00. The Morgan fingerprint density at radius 2 is 2.04 bits per heavy atom. The van der Waals surface area contributed by atoms with Crippen LogP contribution >= 0.6 is 0 Å². The number of anilines is 1. The highest BCUT2D eigenvalue weighted by molar-refractivity contribution is 6.04. The molecule has 0 bridgehead atoms. The van der Waals surface area contributed by atoms with Crippen LogP contribution in [0.25, 0.3) is 11.3 Å². The predicted molar refractivity (Wildman–Crippen MR) is 95.9 cm³/mol. The molecule has 0 aliphatic carbocycles. The van der Waals surface area contributed by atoms with E-state index < -0.39 is 10.8 Å². The third-order valence-corrected chi connectivity index (χ3v) is 4.07. The first-order chi connectivity index (χ1) is 13.5. The molecule has 1 aromatic heterocycles. The van der Waals surface area contributed by atoms with Crippen LogP contribution in [-0.4, -0.2) is 27.8 Å². The molecule has 0 saturated carbocycles. The SMILES string of the molecule is N#Cc1cc([N+](=O)[O-])ccc1NC(=O)c1cc(-c2ccc3c(c2)OCO3)n[nH]1. The van der Waals surface area contributed by atoms with E-state index in [-0.39, 0.29) is 29.4 Å². The molecule has 0 radical (unpaired) electrons. The molecule has 4 rings (SSSR count). The second-order valence-corrected chi connectivity index (χ2v) is 5.79. The van der Waals surface area contributed by atoms with Gasteiger partial charge in [-0.05, 0) is 30.3 Å². The van der Waals surface area contributed by atoms with Gasteiger partial charge in [-0.15, -0.1) is 0 Å². The average molecular weight is 377 g/mol. The number of carbonyl (C=O) groups excluding carboxylic acids is 1. The summed E-state index contributed by atoms with van der Waals surface area (Å²) in [6, 6.07) is 12.3. The van der Waals surface area contributed by atoms with Crippen molar-refractivity contribution < 1.29 is 19.2 Å². The number of hydrogen-bond acceptors (Lipinski definition) is 7. The maximum atomic E-state index is 12.5. The van der Waals surface area contributed by atoms with Gasteiger partial charge in [0, 0.05) is 17.7 Å². The van der Waals surface area contributed by atoms with Gasteiger partial charge in [0.05, 0.1) is 21.9 Å². The van der Waals surface area contributed by atoms with E-state index in [0.29, 0.717) is 17.2 Å². The third kappa shape index (κ3) is 3.08. The highest BCUT2D eigenvalue weighted by atomic mass is 16.7. The molecule has 2 aromatic carbocycles. The molecular formula is C18H11N5O5. The Hall–Kier alpha value is -4.39. The van der Waals surface area contributed by atoms with E-state index in [9.17, 15) is 20.2 Å². The number of non-ortho nitro benzene ring substituents is 1. The van der Waals surface area contributed by atoms with Crippen LogP contribution in [0.3, 0.4) is 0 Å². The molecule has 2 N–H and O–H groups in total. The fraction of sp³-hybridized carbons (Fsp3) is 0.0556. The lowest BCUT2D eigenvalue weighted by Crippen LogP contribution is -2.13. The molecule has 2 heterocycles. The molecule has 1 aliphatic rings. The standard InChI is InChI=1S/C18H11N5O5/c19-8-11-5-12(23(25)26)2-3-13(11)20-18(24)15-7-14(21-22-15)10-1-4-16-17(6-10)28-9-27-16/h1-7H,9H2,(H,20,24)(H,21,22). The predicted octanol–water partition coefficient (Wildman–Crippen LogP) is 2.84. The molecule has 0 atom stereocenters. The van der Waals surface area contributed by atoms with Crippen LogP contribution in [-0.2, 0) is 0 Å². The second-order valence-electron chi connectivity index (χ2n) is 5.79. The molecule has 3 aromatic rings. The Kier molecular flexibility index (Phi) is 4.10. The first kappa shape index (κ1) is 17.0. The lowest BCUT2D eigenvalue weighted by molar-refractivity contribution is -0.384. The van der Waals surface area contributed by atoms with Gasteiger partial charge in [0.15, 0.2) is 11.5 Å². The largest absolute Gasteiger partial charge is 0.454 e. The molecule has 1 amide bonds. The van der Waals surface area contributed by atoms with Gasteiger partial charge in [0.1, 0.15) is 11.8 Å². The molecular weight excluding hydrogens is 366 g/mol.